The van der Waals surface area contributed by atoms with E-state index in [0.29, 0.717) is 0 Å². The molecule has 110 valence electrons. The molecule has 0 radical (unpaired) electrons. The molecule has 1 aromatic carbocycles. The molecule has 0 saturated carbocycles. The first-order valence-corrected chi connectivity index (χ1v) is 7.49. The number of benzene rings is 1. The lowest BCUT2D eigenvalue weighted by molar-refractivity contribution is 0.00995. The standard InChI is InChI=1S/C17H25NO2/c1-17(2,3)20-16(19)18-12-8-7-11-15(18)13-14-9-5-4-6-10-14/h4-6,9-10,15H,7-8,11-13H2,1-3H3/t15-/m1/s1. The van der Waals surface area contributed by atoms with Crippen LogP contribution in [0.1, 0.15) is 45.6 Å². The Morgan fingerprint density at radius 3 is 2.60 bits per heavy atom. The maximum Gasteiger partial charge on any atom is 0.410 e. The largest absolute Gasteiger partial charge is 0.444 e. The number of likely N-dealkylation sites (tertiary alicyclic amines) is 1. The Morgan fingerprint density at radius 1 is 1.25 bits per heavy atom. The van der Waals surface area contributed by atoms with Gasteiger partial charge in [-0.3, -0.25) is 0 Å². The average molecular weight is 275 g/mol. The summed E-state index contributed by atoms with van der Waals surface area (Å²) in [7, 11) is 0. The fourth-order valence-corrected chi connectivity index (χ4v) is 2.66. The summed E-state index contributed by atoms with van der Waals surface area (Å²) in [6.07, 6.45) is 4.08. The Labute approximate surface area is 121 Å². The highest BCUT2D eigenvalue weighted by Crippen LogP contribution is 2.23. The fraction of sp³-hybridized carbons (Fsp3) is 0.588. The van der Waals surface area contributed by atoms with E-state index in [1.165, 1.54) is 12.0 Å². The molecule has 3 nitrogen and oxygen atoms in total. The van der Waals surface area contributed by atoms with Crippen molar-refractivity contribution in [2.75, 3.05) is 6.54 Å². The van der Waals surface area contributed by atoms with Gasteiger partial charge in [0.2, 0.25) is 0 Å². The Hall–Kier alpha value is -1.51. The number of nitrogens with zero attached hydrogens (tertiary/aromatic N) is 1. The van der Waals surface area contributed by atoms with Crippen molar-refractivity contribution in [1.82, 2.24) is 4.90 Å². The molecule has 1 heterocycles. The van der Waals surface area contributed by atoms with Crippen molar-refractivity contribution in [3.05, 3.63) is 35.9 Å². The number of hydrogen-bond donors (Lipinski definition) is 0. The van der Waals surface area contributed by atoms with Gasteiger partial charge in [0, 0.05) is 12.6 Å². The van der Waals surface area contributed by atoms with Crippen molar-refractivity contribution < 1.29 is 9.53 Å². The lowest BCUT2D eigenvalue weighted by atomic mass is 9.96. The average Bonchev–Trinajstić information content (AvgIpc) is 2.38. The second-order valence-corrected chi connectivity index (χ2v) is 6.51. The molecule has 1 amide bonds. The van der Waals surface area contributed by atoms with E-state index in [2.05, 4.69) is 24.3 Å². The summed E-state index contributed by atoms with van der Waals surface area (Å²) in [6.45, 7) is 6.57. The molecule has 0 aromatic heterocycles. The summed E-state index contributed by atoms with van der Waals surface area (Å²) < 4.78 is 5.53. The quantitative estimate of drug-likeness (QED) is 0.816. The first kappa shape index (κ1) is 14.9. The predicted molar refractivity (Wildman–Crippen MR) is 80.7 cm³/mol. The highest BCUT2D eigenvalue weighted by atomic mass is 16.6. The molecule has 0 spiro atoms. The number of ether oxygens (including phenoxy) is 1. The number of hydrogen-bond acceptors (Lipinski definition) is 2. The zero-order valence-electron chi connectivity index (χ0n) is 12.8. The molecule has 1 fully saturated rings. The molecule has 1 aromatic rings. The van der Waals surface area contributed by atoms with E-state index in [1.807, 2.05) is 31.7 Å². The summed E-state index contributed by atoms with van der Waals surface area (Å²) in [5.41, 5.74) is 0.860. The van der Waals surface area contributed by atoms with E-state index in [9.17, 15) is 4.79 Å². The lowest BCUT2D eigenvalue weighted by Gasteiger charge is -2.37. The number of carbonyl (C=O) groups is 1. The Kier molecular flexibility index (Phi) is 4.69. The van der Waals surface area contributed by atoms with Crippen LogP contribution >= 0.6 is 0 Å². The normalized spacial score (nSPS) is 19.8. The van der Waals surface area contributed by atoms with Crippen molar-refractivity contribution in [1.29, 1.82) is 0 Å². The molecule has 1 saturated heterocycles. The third-order valence-electron chi connectivity index (χ3n) is 3.57. The zero-order valence-corrected chi connectivity index (χ0v) is 12.8. The maximum atomic E-state index is 12.3. The molecule has 0 unspecified atom stereocenters. The van der Waals surface area contributed by atoms with Gasteiger partial charge in [-0.2, -0.15) is 0 Å². The third kappa shape index (κ3) is 4.26. The van der Waals surface area contributed by atoms with Crippen LogP contribution in [-0.2, 0) is 11.2 Å². The van der Waals surface area contributed by atoms with Crippen LogP contribution in [0.2, 0.25) is 0 Å². The molecule has 0 bridgehead atoms. The van der Waals surface area contributed by atoms with Crippen LogP contribution in [0.3, 0.4) is 0 Å². The molecule has 3 heteroatoms. The Bertz CT molecular complexity index is 436. The number of rotatable bonds is 2. The fourth-order valence-electron chi connectivity index (χ4n) is 2.66. The number of piperidine rings is 1. The number of carbonyl (C=O) groups excluding carboxylic acids is 1. The van der Waals surface area contributed by atoms with E-state index in [-0.39, 0.29) is 12.1 Å². The number of amides is 1. The second-order valence-electron chi connectivity index (χ2n) is 6.51. The van der Waals surface area contributed by atoms with Gasteiger partial charge in [-0.25, -0.2) is 4.79 Å². The topological polar surface area (TPSA) is 29.5 Å². The predicted octanol–water partition coefficient (Wildman–Crippen LogP) is 4.02. The van der Waals surface area contributed by atoms with Crippen molar-refractivity contribution in [2.45, 2.75) is 58.1 Å². The van der Waals surface area contributed by atoms with Crippen molar-refractivity contribution in [3.63, 3.8) is 0 Å². The van der Waals surface area contributed by atoms with E-state index < -0.39 is 5.60 Å². The highest BCUT2D eigenvalue weighted by Gasteiger charge is 2.30. The molecular formula is C17H25NO2. The minimum absolute atomic E-state index is 0.168. The van der Waals surface area contributed by atoms with Gasteiger partial charge in [0.1, 0.15) is 5.60 Å². The molecule has 1 aliphatic rings. The zero-order chi connectivity index (χ0) is 14.6. The van der Waals surface area contributed by atoms with Gasteiger partial charge in [0.15, 0.2) is 0 Å². The van der Waals surface area contributed by atoms with Crippen LogP contribution in [0.4, 0.5) is 4.79 Å². The second kappa shape index (κ2) is 6.29. The van der Waals surface area contributed by atoms with Gasteiger partial charge in [0.05, 0.1) is 0 Å². The SMILES string of the molecule is CC(C)(C)OC(=O)N1CCCC[C@@H]1Cc1ccccc1. The van der Waals surface area contributed by atoms with Crippen LogP contribution in [0.25, 0.3) is 0 Å². The monoisotopic (exact) mass is 275 g/mol. The molecule has 1 aliphatic heterocycles. The summed E-state index contributed by atoms with van der Waals surface area (Å²) in [5, 5.41) is 0. The van der Waals surface area contributed by atoms with Gasteiger partial charge >= 0.3 is 6.09 Å². The minimum Gasteiger partial charge on any atom is -0.444 e. The maximum absolute atomic E-state index is 12.3. The van der Waals surface area contributed by atoms with Crippen LogP contribution < -0.4 is 0 Å². The van der Waals surface area contributed by atoms with E-state index in [0.717, 1.165) is 25.8 Å². The Balaban J connectivity index is 2.03. The minimum atomic E-state index is -0.425. The molecule has 2 rings (SSSR count). The van der Waals surface area contributed by atoms with Crippen LogP contribution in [-0.4, -0.2) is 29.2 Å². The van der Waals surface area contributed by atoms with E-state index in [4.69, 9.17) is 4.74 Å². The summed E-state index contributed by atoms with van der Waals surface area (Å²) in [6, 6.07) is 10.6. The molecular weight excluding hydrogens is 250 g/mol. The summed E-state index contributed by atoms with van der Waals surface area (Å²) in [5.74, 6) is 0. The van der Waals surface area contributed by atoms with Crippen molar-refractivity contribution in [3.8, 4) is 0 Å². The van der Waals surface area contributed by atoms with Gasteiger partial charge in [-0.05, 0) is 52.0 Å². The van der Waals surface area contributed by atoms with Gasteiger partial charge in [-0.15, -0.1) is 0 Å². The van der Waals surface area contributed by atoms with Crippen LogP contribution in [0.15, 0.2) is 30.3 Å². The summed E-state index contributed by atoms with van der Waals surface area (Å²) in [4.78, 5) is 14.2. The van der Waals surface area contributed by atoms with Gasteiger partial charge < -0.3 is 9.64 Å². The first-order chi connectivity index (χ1) is 9.46. The lowest BCUT2D eigenvalue weighted by Crippen LogP contribution is -2.47. The van der Waals surface area contributed by atoms with E-state index in [1.54, 1.807) is 0 Å². The smallest absolute Gasteiger partial charge is 0.410 e. The molecule has 20 heavy (non-hydrogen) atoms. The Morgan fingerprint density at radius 2 is 1.95 bits per heavy atom. The molecule has 0 N–H and O–H groups in total. The van der Waals surface area contributed by atoms with Crippen molar-refractivity contribution >= 4 is 6.09 Å². The molecule has 1 atom stereocenters. The van der Waals surface area contributed by atoms with Crippen LogP contribution in [0, 0.1) is 0 Å². The van der Waals surface area contributed by atoms with Gasteiger partial charge in [0.25, 0.3) is 0 Å². The highest BCUT2D eigenvalue weighted by molar-refractivity contribution is 5.68. The van der Waals surface area contributed by atoms with Gasteiger partial charge in [-0.1, -0.05) is 30.3 Å². The van der Waals surface area contributed by atoms with Crippen molar-refractivity contribution in [2.24, 2.45) is 0 Å². The van der Waals surface area contributed by atoms with E-state index >= 15 is 0 Å². The first-order valence-electron chi connectivity index (χ1n) is 7.49. The summed E-state index contributed by atoms with van der Waals surface area (Å²) >= 11 is 0. The molecule has 0 aliphatic carbocycles. The third-order valence-corrected chi connectivity index (χ3v) is 3.57. The van der Waals surface area contributed by atoms with Crippen LogP contribution in [0.5, 0.6) is 0 Å².